The second-order valence-corrected chi connectivity index (χ2v) is 6.77. The Kier molecular flexibility index (Phi) is 5.88. The van der Waals surface area contributed by atoms with Crippen LogP contribution in [0.4, 0.5) is 0 Å². The lowest BCUT2D eigenvalue weighted by molar-refractivity contribution is -0.0457. The molecule has 0 saturated carbocycles. The van der Waals surface area contributed by atoms with Gasteiger partial charge < -0.3 is 24.8 Å². The Balaban J connectivity index is 1.73. The summed E-state index contributed by atoms with van der Waals surface area (Å²) in [6, 6.07) is 4.45. The van der Waals surface area contributed by atoms with Crippen LogP contribution in [-0.4, -0.2) is 47.8 Å². The molecule has 2 heterocycles. The normalized spacial score (nSPS) is 19.6. The fourth-order valence-corrected chi connectivity index (χ4v) is 2.90. The molecule has 1 saturated heterocycles. The molecular formula is C19H23N3O5. The number of aromatic nitrogens is 2. The van der Waals surface area contributed by atoms with Crippen LogP contribution in [0.3, 0.4) is 0 Å². The zero-order valence-electron chi connectivity index (χ0n) is 15.3. The molecule has 1 aliphatic heterocycles. The van der Waals surface area contributed by atoms with Crippen LogP contribution in [0.5, 0.6) is 0 Å². The minimum Gasteiger partial charge on any atom is -0.379 e. The lowest BCUT2D eigenvalue weighted by Gasteiger charge is -2.31. The number of carbonyl (C=O) groups is 1. The summed E-state index contributed by atoms with van der Waals surface area (Å²) in [7, 11) is 0. The first kappa shape index (κ1) is 19.1. The van der Waals surface area contributed by atoms with E-state index in [1.165, 1.54) is 11.6 Å². The van der Waals surface area contributed by atoms with Crippen molar-refractivity contribution in [3.63, 3.8) is 0 Å². The van der Waals surface area contributed by atoms with E-state index in [1.54, 1.807) is 12.1 Å². The third-order valence-corrected chi connectivity index (χ3v) is 4.40. The predicted molar refractivity (Wildman–Crippen MR) is 101 cm³/mol. The van der Waals surface area contributed by atoms with E-state index in [-0.39, 0.29) is 18.1 Å². The molecule has 3 rings (SSSR count). The van der Waals surface area contributed by atoms with E-state index >= 15 is 0 Å². The maximum Gasteiger partial charge on any atom is 0.314 e. The largest absolute Gasteiger partial charge is 0.379 e. The van der Waals surface area contributed by atoms with Crippen molar-refractivity contribution in [1.29, 1.82) is 0 Å². The van der Waals surface area contributed by atoms with Crippen molar-refractivity contribution >= 4 is 16.9 Å². The standard InChI is InChI=1S/C19H23N3O5/c1-11(2)5-8-27-16-6-7-26-10-15(16)22-17(23)12-3-4-13-14(9-12)21-19(25)18(24)20-13/h3-5,9,15-16H,6-8,10H2,1-2H3,(H,20,24)(H,21,25)(H,22,23)/t15-,16+/m1/s1. The number of H-pyrrole nitrogens is 2. The van der Waals surface area contributed by atoms with Gasteiger partial charge in [-0.2, -0.15) is 0 Å². The number of benzene rings is 1. The van der Waals surface area contributed by atoms with Crippen LogP contribution in [0.2, 0.25) is 0 Å². The number of amides is 1. The summed E-state index contributed by atoms with van der Waals surface area (Å²) in [5.74, 6) is -0.296. The molecule has 2 aromatic rings. The van der Waals surface area contributed by atoms with E-state index in [9.17, 15) is 14.4 Å². The van der Waals surface area contributed by atoms with E-state index in [0.717, 1.165) is 0 Å². The molecule has 1 amide bonds. The number of nitrogens with one attached hydrogen (secondary N) is 3. The number of hydrogen-bond acceptors (Lipinski definition) is 5. The summed E-state index contributed by atoms with van der Waals surface area (Å²) in [5.41, 5.74) is 0.914. The molecule has 0 unspecified atom stereocenters. The summed E-state index contributed by atoms with van der Waals surface area (Å²) in [6.07, 6.45) is 2.57. The molecule has 27 heavy (non-hydrogen) atoms. The molecule has 0 radical (unpaired) electrons. The first-order valence-electron chi connectivity index (χ1n) is 8.84. The summed E-state index contributed by atoms with van der Waals surface area (Å²) >= 11 is 0. The average molecular weight is 373 g/mol. The lowest BCUT2D eigenvalue weighted by Crippen LogP contribution is -2.50. The molecule has 144 valence electrons. The van der Waals surface area contributed by atoms with Crippen molar-refractivity contribution in [1.82, 2.24) is 15.3 Å². The van der Waals surface area contributed by atoms with Gasteiger partial charge in [0.2, 0.25) is 0 Å². The van der Waals surface area contributed by atoms with Crippen molar-refractivity contribution in [2.45, 2.75) is 32.4 Å². The van der Waals surface area contributed by atoms with Crippen LogP contribution in [0, 0.1) is 0 Å². The number of allylic oxidation sites excluding steroid dienone is 1. The van der Waals surface area contributed by atoms with E-state index in [1.807, 2.05) is 19.9 Å². The molecule has 1 aromatic carbocycles. The van der Waals surface area contributed by atoms with Crippen LogP contribution in [0.1, 0.15) is 30.6 Å². The third kappa shape index (κ3) is 4.72. The van der Waals surface area contributed by atoms with Crippen molar-refractivity contribution in [2.75, 3.05) is 19.8 Å². The number of fused-ring (bicyclic) bond motifs is 1. The van der Waals surface area contributed by atoms with Gasteiger partial charge in [-0.25, -0.2) is 0 Å². The Morgan fingerprint density at radius 2 is 2.00 bits per heavy atom. The molecular weight excluding hydrogens is 350 g/mol. The van der Waals surface area contributed by atoms with Crippen LogP contribution >= 0.6 is 0 Å². The monoisotopic (exact) mass is 373 g/mol. The minimum absolute atomic E-state index is 0.130. The van der Waals surface area contributed by atoms with E-state index in [0.29, 0.717) is 42.8 Å². The number of carbonyl (C=O) groups excluding carboxylic acids is 1. The van der Waals surface area contributed by atoms with Crippen LogP contribution in [-0.2, 0) is 9.47 Å². The Hall–Kier alpha value is -2.71. The van der Waals surface area contributed by atoms with Gasteiger partial charge >= 0.3 is 11.1 Å². The molecule has 1 aromatic heterocycles. The van der Waals surface area contributed by atoms with Gasteiger partial charge in [-0.05, 0) is 38.5 Å². The van der Waals surface area contributed by atoms with Gasteiger partial charge in [0.15, 0.2) is 0 Å². The Morgan fingerprint density at radius 1 is 1.26 bits per heavy atom. The molecule has 2 atom stereocenters. The Labute approximate surface area is 155 Å². The quantitative estimate of drug-likeness (QED) is 0.536. The first-order chi connectivity index (χ1) is 12.9. The fourth-order valence-electron chi connectivity index (χ4n) is 2.90. The molecule has 1 aliphatic rings. The maximum atomic E-state index is 12.6. The van der Waals surface area contributed by atoms with Crippen LogP contribution in [0.25, 0.3) is 11.0 Å². The summed E-state index contributed by atoms with van der Waals surface area (Å²) in [5, 5.41) is 2.94. The molecule has 8 heteroatoms. The molecule has 0 spiro atoms. The maximum absolute atomic E-state index is 12.6. The number of aromatic amines is 2. The highest BCUT2D eigenvalue weighted by molar-refractivity contribution is 5.97. The number of ether oxygens (including phenoxy) is 2. The van der Waals surface area contributed by atoms with Gasteiger partial charge in [0.05, 0.1) is 36.4 Å². The second kappa shape index (κ2) is 8.32. The van der Waals surface area contributed by atoms with Gasteiger partial charge in [0.25, 0.3) is 5.91 Å². The topological polar surface area (TPSA) is 113 Å². The zero-order chi connectivity index (χ0) is 19.4. The predicted octanol–water partition coefficient (Wildman–Crippen LogP) is 1.09. The van der Waals surface area contributed by atoms with Crippen LogP contribution in [0.15, 0.2) is 39.4 Å². The molecule has 0 aliphatic carbocycles. The highest BCUT2D eigenvalue weighted by atomic mass is 16.5. The van der Waals surface area contributed by atoms with Crippen molar-refractivity contribution in [3.05, 3.63) is 56.1 Å². The van der Waals surface area contributed by atoms with Crippen molar-refractivity contribution in [2.24, 2.45) is 0 Å². The van der Waals surface area contributed by atoms with Crippen LogP contribution < -0.4 is 16.4 Å². The van der Waals surface area contributed by atoms with Gasteiger partial charge in [-0.3, -0.25) is 14.4 Å². The highest BCUT2D eigenvalue weighted by Crippen LogP contribution is 2.14. The van der Waals surface area contributed by atoms with Gasteiger partial charge in [-0.15, -0.1) is 0 Å². The average Bonchev–Trinajstić information content (AvgIpc) is 2.63. The third-order valence-electron chi connectivity index (χ3n) is 4.40. The second-order valence-electron chi connectivity index (χ2n) is 6.77. The zero-order valence-corrected chi connectivity index (χ0v) is 15.3. The number of rotatable bonds is 5. The van der Waals surface area contributed by atoms with E-state index in [4.69, 9.17) is 9.47 Å². The summed E-state index contributed by atoms with van der Waals surface area (Å²) < 4.78 is 11.4. The lowest BCUT2D eigenvalue weighted by atomic mass is 10.1. The SMILES string of the molecule is CC(C)=CCO[C@H]1CCOC[C@H]1NC(=O)c1ccc2[nH]c(=O)c(=O)[nH]c2c1. The molecule has 1 fully saturated rings. The van der Waals surface area contributed by atoms with Crippen molar-refractivity contribution < 1.29 is 14.3 Å². The van der Waals surface area contributed by atoms with Crippen molar-refractivity contribution in [3.8, 4) is 0 Å². The minimum atomic E-state index is -0.756. The van der Waals surface area contributed by atoms with E-state index in [2.05, 4.69) is 15.3 Å². The number of hydrogen-bond donors (Lipinski definition) is 3. The smallest absolute Gasteiger partial charge is 0.314 e. The Bertz CT molecular complexity index is 971. The highest BCUT2D eigenvalue weighted by Gasteiger charge is 2.28. The van der Waals surface area contributed by atoms with E-state index < -0.39 is 11.1 Å². The first-order valence-corrected chi connectivity index (χ1v) is 8.84. The van der Waals surface area contributed by atoms with Gasteiger partial charge in [0.1, 0.15) is 0 Å². The van der Waals surface area contributed by atoms with Gasteiger partial charge in [0, 0.05) is 12.2 Å². The molecule has 0 bridgehead atoms. The molecule has 8 nitrogen and oxygen atoms in total. The summed E-state index contributed by atoms with van der Waals surface area (Å²) in [6.45, 7) is 5.47. The Morgan fingerprint density at radius 3 is 2.74 bits per heavy atom. The molecule has 3 N–H and O–H groups in total. The summed E-state index contributed by atoms with van der Waals surface area (Å²) in [4.78, 5) is 40.4. The van der Waals surface area contributed by atoms with Gasteiger partial charge in [-0.1, -0.05) is 11.6 Å². The fraction of sp³-hybridized carbons (Fsp3) is 0.421.